The summed E-state index contributed by atoms with van der Waals surface area (Å²) in [6.45, 7) is 6.51. The molecule has 1 aromatic carbocycles. The summed E-state index contributed by atoms with van der Waals surface area (Å²) < 4.78 is 18.1. The van der Waals surface area contributed by atoms with Crippen LogP contribution < -0.4 is 0 Å². The van der Waals surface area contributed by atoms with E-state index in [0.717, 1.165) is 11.0 Å². The number of H-pyrrole nitrogens is 1. The first-order valence-electron chi connectivity index (χ1n) is 7.67. The maximum Gasteiger partial charge on any atom is 0.410 e. The number of carbonyl (C=O) groups excluding carboxylic acids is 1. The second-order valence-corrected chi connectivity index (χ2v) is 8.34. The van der Waals surface area contributed by atoms with Crippen molar-refractivity contribution < 1.29 is 13.7 Å². The fraction of sp³-hybridized carbons (Fsp3) is 0.500. The third kappa shape index (κ3) is 3.55. The zero-order valence-corrected chi connectivity index (χ0v) is 14.4. The molecule has 1 saturated heterocycles. The van der Waals surface area contributed by atoms with Crippen LogP contribution in [-0.4, -0.2) is 49.1 Å². The number of carbonyl (C=O) groups is 1. The number of nitrogens with one attached hydrogen (secondary N) is 1. The lowest BCUT2D eigenvalue weighted by Crippen LogP contribution is -2.36. The highest BCUT2D eigenvalue weighted by molar-refractivity contribution is 7.85. The predicted octanol–water partition coefficient (Wildman–Crippen LogP) is 2.68. The molecule has 124 valence electrons. The fourth-order valence-electron chi connectivity index (χ4n) is 2.58. The monoisotopic (exact) mass is 335 g/mol. The van der Waals surface area contributed by atoms with Crippen LogP contribution in [0.4, 0.5) is 4.79 Å². The van der Waals surface area contributed by atoms with Crippen molar-refractivity contribution in [3.05, 3.63) is 24.3 Å². The van der Waals surface area contributed by atoms with E-state index >= 15 is 0 Å². The van der Waals surface area contributed by atoms with Gasteiger partial charge in [0.05, 0.1) is 27.1 Å². The van der Waals surface area contributed by atoms with Crippen LogP contribution in [0.3, 0.4) is 0 Å². The molecule has 2 aromatic rings. The molecule has 3 rings (SSSR count). The molecule has 1 aromatic heterocycles. The molecule has 1 fully saturated rings. The lowest BCUT2D eigenvalue weighted by atomic mass is 10.2. The van der Waals surface area contributed by atoms with Crippen LogP contribution in [0.2, 0.25) is 0 Å². The molecule has 0 bridgehead atoms. The van der Waals surface area contributed by atoms with Gasteiger partial charge in [-0.05, 0) is 39.3 Å². The van der Waals surface area contributed by atoms with Crippen molar-refractivity contribution in [3.8, 4) is 0 Å². The Morgan fingerprint density at radius 1 is 1.39 bits per heavy atom. The van der Waals surface area contributed by atoms with Gasteiger partial charge in [-0.2, -0.15) is 0 Å². The summed E-state index contributed by atoms with van der Waals surface area (Å²) in [5, 5.41) is 0.352. The van der Waals surface area contributed by atoms with Crippen LogP contribution in [0, 0.1) is 0 Å². The number of imidazole rings is 1. The van der Waals surface area contributed by atoms with E-state index in [4.69, 9.17) is 4.74 Å². The summed E-state index contributed by atoms with van der Waals surface area (Å²) in [4.78, 5) is 21.2. The van der Waals surface area contributed by atoms with Gasteiger partial charge >= 0.3 is 6.09 Å². The molecule has 0 aliphatic carbocycles. The number of aromatic amines is 1. The van der Waals surface area contributed by atoms with Crippen molar-refractivity contribution in [2.24, 2.45) is 0 Å². The highest BCUT2D eigenvalue weighted by Gasteiger charge is 2.34. The summed E-state index contributed by atoms with van der Waals surface area (Å²) in [7, 11) is -1.27. The normalized spacial score (nSPS) is 20.0. The number of likely N-dealkylation sites (tertiary alicyclic amines) is 1. The van der Waals surface area contributed by atoms with Crippen LogP contribution in [0.25, 0.3) is 11.0 Å². The standard InChI is InChI=1S/C16H21N3O3S/c1-16(2,3)22-15(20)19-9-8-11(10-19)23(21)14-17-12-6-4-5-7-13(12)18-14/h4-7,11H,8-10H2,1-3H3,(H,17,18)/t11-,23+/m1/s1. The number of aromatic nitrogens is 2. The zero-order valence-electron chi connectivity index (χ0n) is 13.5. The minimum atomic E-state index is -1.27. The number of hydrogen-bond acceptors (Lipinski definition) is 4. The highest BCUT2D eigenvalue weighted by atomic mass is 32.2. The smallest absolute Gasteiger partial charge is 0.410 e. The number of ether oxygens (including phenoxy) is 1. The molecular formula is C16H21N3O3S. The average Bonchev–Trinajstić information content (AvgIpc) is 3.11. The molecule has 7 heteroatoms. The third-order valence-corrected chi connectivity index (χ3v) is 5.22. The Morgan fingerprint density at radius 3 is 2.83 bits per heavy atom. The molecular weight excluding hydrogens is 314 g/mol. The number of benzene rings is 1. The van der Waals surface area contributed by atoms with E-state index < -0.39 is 16.4 Å². The van der Waals surface area contributed by atoms with E-state index in [1.54, 1.807) is 4.90 Å². The Labute approximate surface area is 137 Å². The van der Waals surface area contributed by atoms with Gasteiger partial charge in [0.1, 0.15) is 5.60 Å². The minimum absolute atomic E-state index is 0.122. The van der Waals surface area contributed by atoms with Crippen molar-refractivity contribution in [1.82, 2.24) is 14.9 Å². The maximum atomic E-state index is 12.7. The molecule has 1 amide bonds. The van der Waals surface area contributed by atoms with E-state index in [2.05, 4.69) is 9.97 Å². The summed E-state index contributed by atoms with van der Waals surface area (Å²) in [6, 6.07) is 7.60. The van der Waals surface area contributed by atoms with Crippen molar-refractivity contribution in [2.45, 2.75) is 43.2 Å². The van der Waals surface area contributed by atoms with Crippen LogP contribution >= 0.6 is 0 Å². The molecule has 2 heterocycles. The highest BCUT2D eigenvalue weighted by Crippen LogP contribution is 2.22. The SMILES string of the molecule is CC(C)(C)OC(=O)N1CC[C@@H]([S@](=O)c2nc3ccccc3[nH]2)C1. The van der Waals surface area contributed by atoms with Gasteiger partial charge in [-0.1, -0.05) is 12.1 Å². The average molecular weight is 335 g/mol. The molecule has 6 nitrogen and oxygen atoms in total. The third-order valence-electron chi connectivity index (χ3n) is 3.66. The number of hydrogen-bond donors (Lipinski definition) is 1. The van der Waals surface area contributed by atoms with Gasteiger partial charge in [0.25, 0.3) is 0 Å². The first kappa shape index (κ1) is 16.0. The van der Waals surface area contributed by atoms with Gasteiger partial charge < -0.3 is 14.6 Å². The van der Waals surface area contributed by atoms with E-state index in [1.807, 2.05) is 45.0 Å². The van der Waals surface area contributed by atoms with E-state index in [0.29, 0.717) is 24.7 Å². The van der Waals surface area contributed by atoms with Crippen LogP contribution in [0.15, 0.2) is 29.4 Å². The Hall–Kier alpha value is -1.89. The number of rotatable bonds is 2. The molecule has 1 aliphatic rings. The quantitative estimate of drug-likeness (QED) is 0.915. The predicted molar refractivity (Wildman–Crippen MR) is 88.7 cm³/mol. The van der Waals surface area contributed by atoms with Crippen molar-refractivity contribution >= 4 is 27.9 Å². The van der Waals surface area contributed by atoms with Gasteiger partial charge in [-0.15, -0.1) is 0 Å². The Balaban J connectivity index is 1.68. The maximum absolute atomic E-state index is 12.7. The summed E-state index contributed by atoms with van der Waals surface area (Å²) in [6.07, 6.45) is 0.338. The van der Waals surface area contributed by atoms with Gasteiger partial charge in [0.15, 0.2) is 5.16 Å². The van der Waals surface area contributed by atoms with Gasteiger partial charge in [-0.25, -0.2) is 9.78 Å². The Bertz CT molecular complexity index is 717. The lowest BCUT2D eigenvalue weighted by molar-refractivity contribution is 0.0295. The molecule has 0 spiro atoms. The lowest BCUT2D eigenvalue weighted by Gasteiger charge is -2.24. The van der Waals surface area contributed by atoms with Gasteiger partial charge in [0.2, 0.25) is 0 Å². The minimum Gasteiger partial charge on any atom is -0.444 e. The van der Waals surface area contributed by atoms with E-state index in [9.17, 15) is 9.00 Å². The molecule has 2 atom stereocenters. The molecule has 1 aliphatic heterocycles. The first-order chi connectivity index (χ1) is 10.8. The molecule has 0 saturated carbocycles. The molecule has 23 heavy (non-hydrogen) atoms. The van der Waals surface area contributed by atoms with Crippen molar-refractivity contribution in [2.75, 3.05) is 13.1 Å². The molecule has 0 radical (unpaired) electrons. The first-order valence-corrected chi connectivity index (χ1v) is 8.88. The fourth-order valence-corrected chi connectivity index (χ4v) is 3.93. The molecule has 0 unspecified atom stereocenters. The number of fused-ring (bicyclic) bond motifs is 1. The zero-order chi connectivity index (χ0) is 16.6. The summed E-state index contributed by atoms with van der Waals surface area (Å²) in [5.41, 5.74) is 1.16. The topological polar surface area (TPSA) is 75.3 Å². The number of amides is 1. The summed E-state index contributed by atoms with van der Waals surface area (Å²) in [5.74, 6) is 0. The van der Waals surface area contributed by atoms with Gasteiger partial charge in [-0.3, -0.25) is 4.21 Å². The Morgan fingerprint density at radius 2 is 2.13 bits per heavy atom. The molecule has 1 N–H and O–H groups in total. The van der Waals surface area contributed by atoms with Crippen LogP contribution in [0.1, 0.15) is 27.2 Å². The van der Waals surface area contributed by atoms with Crippen LogP contribution in [0.5, 0.6) is 0 Å². The van der Waals surface area contributed by atoms with Crippen molar-refractivity contribution in [3.63, 3.8) is 0 Å². The number of nitrogens with zero attached hydrogens (tertiary/aromatic N) is 2. The second-order valence-electron chi connectivity index (χ2n) is 6.69. The van der Waals surface area contributed by atoms with Crippen LogP contribution in [-0.2, 0) is 15.5 Å². The van der Waals surface area contributed by atoms with Gasteiger partial charge in [0, 0.05) is 13.1 Å². The largest absolute Gasteiger partial charge is 0.444 e. The van der Waals surface area contributed by atoms with Crippen molar-refractivity contribution in [1.29, 1.82) is 0 Å². The number of para-hydroxylation sites is 2. The Kier molecular flexibility index (Phi) is 4.14. The second kappa shape index (κ2) is 5.96. The van der Waals surface area contributed by atoms with E-state index in [-0.39, 0.29) is 11.3 Å². The van der Waals surface area contributed by atoms with E-state index in [1.165, 1.54) is 0 Å². The summed E-state index contributed by atoms with van der Waals surface area (Å²) >= 11 is 0.